The highest BCUT2D eigenvalue weighted by Gasteiger charge is 2.35. The average Bonchev–Trinajstić information content (AvgIpc) is 3.58. The lowest BCUT2D eigenvalue weighted by Gasteiger charge is -2.14. The summed E-state index contributed by atoms with van der Waals surface area (Å²) in [7, 11) is 1.65. The highest BCUT2D eigenvalue weighted by Crippen LogP contribution is 2.34. The SMILES string of the molecule is Cc1c([C@@H]2CN(Cc3cnn(-c4ccc5oc(=O)n(C)c5c4)c3)C(=O)O2)ccc2c1COC2=O. The fraction of sp³-hybridized carbons (Fsp3) is 0.250. The van der Waals surface area contributed by atoms with Gasteiger partial charge in [-0.25, -0.2) is 19.1 Å². The second-order valence-corrected chi connectivity index (χ2v) is 8.51. The van der Waals surface area contributed by atoms with Gasteiger partial charge in [-0.3, -0.25) is 9.47 Å². The van der Waals surface area contributed by atoms with E-state index in [4.69, 9.17) is 13.9 Å². The van der Waals surface area contributed by atoms with E-state index in [9.17, 15) is 14.4 Å². The first-order chi connectivity index (χ1) is 16.4. The minimum atomic E-state index is -0.423. The molecule has 0 N–H and O–H groups in total. The van der Waals surface area contributed by atoms with Crippen molar-refractivity contribution in [2.45, 2.75) is 26.2 Å². The first-order valence-electron chi connectivity index (χ1n) is 10.8. The molecule has 2 aromatic carbocycles. The van der Waals surface area contributed by atoms with Crippen LogP contribution < -0.4 is 5.76 Å². The fourth-order valence-corrected chi connectivity index (χ4v) is 4.58. The zero-order valence-corrected chi connectivity index (χ0v) is 18.5. The Hall–Kier alpha value is -4.34. The quantitative estimate of drug-likeness (QED) is 0.431. The molecule has 4 aromatic rings. The number of carbonyl (C=O) groups is 2. The minimum absolute atomic E-state index is 0.246. The van der Waals surface area contributed by atoms with E-state index >= 15 is 0 Å². The second-order valence-electron chi connectivity index (χ2n) is 8.51. The van der Waals surface area contributed by atoms with Crippen LogP contribution in [-0.4, -0.2) is 37.9 Å². The third kappa shape index (κ3) is 3.10. The monoisotopic (exact) mass is 460 g/mol. The topological polar surface area (TPSA) is 109 Å². The third-order valence-electron chi connectivity index (χ3n) is 6.49. The number of oxazole rings is 1. The summed E-state index contributed by atoms with van der Waals surface area (Å²) in [5, 5.41) is 4.41. The molecule has 2 aliphatic heterocycles. The summed E-state index contributed by atoms with van der Waals surface area (Å²) in [5.41, 5.74) is 6.00. The molecule has 34 heavy (non-hydrogen) atoms. The molecule has 1 atom stereocenters. The number of carbonyl (C=O) groups excluding carboxylic acids is 2. The highest BCUT2D eigenvalue weighted by molar-refractivity contribution is 5.94. The van der Waals surface area contributed by atoms with E-state index in [1.54, 1.807) is 35.0 Å². The Kier molecular flexibility index (Phi) is 4.38. The van der Waals surface area contributed by atoms with Gasteiger partial charge >= 0.3 is 17.8 Å². The predicted molar refractivity (Wildman–Crippen MR) is 119 cm³/mol. The molecule has 1 amide bonds. The first kappa shape index (κ1) is 20.3. The van der Waals surface area contributed by atoms with Crippen LogP contribution in [0, 0.1) is 6.92 Å². The maximum atomic E-state index is 12.6. The molecule has 10 heteroatoms. The molecule has 10 nitrogen and oxygen atoms in total. The molecule has 0 radical (unpaired) electrons. The van der Waals surface area contributed by atoms with Crippen molar-refractivity contribution in [3.63, 3.8) is 0 Å². The smallest absolute Gasteiger partial charge is 0.419 e. The van der Waals surface area contributed by atoms with Gasteiger partial charge in [-0.1, -0.05) is 6.07 Å². The molecule has 6 rings (SSSR count). The average molecular weight is 460 g/mol. The summed E-state index contributed by atoms with van der Waals surface area (Å²) in [4.78, 5) is 37.7. The van der Waals surface area contributed by atoms with Crippen molar-refractivity contribution in [1.29, 1.82) is 0 Å². The van der Waals surface area contributed by atoms with Gasteiger partial charge < -0.3 is 13.9 Å². The molecule has 0 unspecified atom stereocenters. The van der Waals surface area contributed by atoms with E-state index < -0.39 is 18.0 Å². The number of aromatic nitrogens is 3. The van der Waals surface area contributed by atoms with E-state index in [1.165, 1.54) is 4.57 Å². The Morgan fingerprint density at radius 1 is 1.15 bits per heavy atom. The van der Waals surface area contributed by atoms with Crippen molar-refractivity contribution in [2.75, 3.05) is 6.54 Å². The molecule has 4 heterocycles. The van der Waals surface area contributed by atoms with Crippen LogP contribution in [0.1, 0.15) is 38.7 Å². The summed E-state index contributed by atoms with van der Waals surface area (Å²) >= 11 is 0. The first-order valence-corrected chi connectivity index (χ1v) is 10.8. The summed E-state index contributed by atoms with van der Waals surface area (Å²) in [6.07, 6.45) is 2.71. The van der Waals surface area contributed by atoms with Crippen molar-refractivity contribution in [3.05, 3.63) is 81.1 Å². The van der Waals surface area contributed by atoms with E-state index in [2.05, 4.69) is 5.10 Å². The normalized spacial score (nSPS) is 17.4. The molecule has 2 aromatic heterocycles. The van der Waals surface area contributed by atoms with Crippen LogP contribution in [0.2, 0.25) is 0 Å². The number of ether oxygens (including phenoxy) is 2. The Morgan fingerprint density at radius 2 is 2.00 bits per heavy atom. The standard InChI is InChI=1S/C24H20N4O6/c1-13-16(4-5-17-18(13)12-32-22(17)29)21-11-27(24(31)34-21)9-14-8-25-28(10-14)15-3-6-20-19(7-15)26(2)23(30)33-20/h3-8,10,21H,9,11-12H2,1-2H3/t21-/m0/s1. The lowest BCUT2D eigenvalue weighted by Crippen LogP contribution is -2.23. The van der Waals surface area contributed by atoms with Crippen LogP contribution in [0.25, 0.3) is 16.8 Å². The van der Waals surface area contributed by atoms with Gasteiger partial charge in [-0.15, -0.1) is 0 Å². The van der Waals surface area contributed by atoms with Crippen molar-refractivity contribution in [3.8, 4) is 5.69 Å². The Bertz CT molecular complexity index is 1540. The van der Waals surface area contributed by atoms with Crippen molar-refractivity contribution in [1.82, 2.24) is 19.2 Å². The zero-order valence-electron chi connectivity index (χ0n) is 18.5. The van der Waals surface area contributed by atoms with Gasteiger partial charge in [0.2, 0.25) is 0 Å². The number of hydrogen-bond donors (Lipinski definition) is 0. The zero-order chi connectivity index (χ0) is 23.6. The maximum Gasteiger partial charge on any atom is 0.419 e. The van der Waals surface area contributed by atoms with Crippen LogP contribution >= 0.6 is 0 Å². The molecule has 1 saturated heterocycles. The predicted octanol–water partition coefficient (Wildman–Crippen LogP) is 2.99. The van der Waals surface area contributed by atoms with Crippen LogP contribution in [0.5, 0.6) is 0 Å². The molecule has 172 valence electrons. The molecular formula is C24H20N4O6. The molecule has 2 aliphatic rings. The summed E-state index contributed by atoms with van der Waals surface area (Å²) < 4.78 is 19.1. The Balaban J connectivity index is 1.21. The van der Waals surface area contributed by atoms with Crippen LogP contribution in [-0.2, 0) is 29.7 Å². The third-order valence-corrected chi connectivity index (χ3v) is 6.49. The van der Waals surface area contributed by atoms with Crippen LogP contribution in [0.3, 0.4) is 0 Å². The van der Waals surface area contributed by atoms with E-state index in [-0.39, 0.29) is 12.6 Å². The number of nitrogens with zero attached hydrogens (tertiary/aromatic N) is 4. The van der Waals surface area contributed by atoms with Crippen LogP contribution in [0.4, 0.5) is 4.79 Å². The van der Waals surface area contributed by atoms with E-state index in [0.29, 0.717) is 29.8 Å². The summed E-state index contributed by atoms with van der Waals surface area (Å²) in [6.45, 7) is 2.90. The molecule has 0 aliphatic carbocycles. The van der Waals surface area contributed by atoms with Crippen molar-refractivity contribution < 1.29 is 23.5 Å². The number of aryl methyl sites for hydroxylation is 1. The van der Waals surface area contributed by atoms with Gasteiger partial charge in [0, 0.05) is 24.4 Å². The van der Waals surface area contributed by atoms with Crippen LogP contribution in [0.15, 0.2) is 51.9 Å². The molecular weight excluding hydrogens is 440 g/mol. The molecule has 1 fully saturated rings. The van der Waals surface area contributed by atoms with Gasteiger partial charge in [0.05, 0.1) is 36.1 Å². The van der Waals surface area contributed by atoms with Crippen molar-refractivity contribution in [2.24, 2.45) is 7.05 Å². The number of fused-ring (bicyclic) bond motifs is 2. The summed E-state index contributed by atoms with van der Waals surface area (Å²) in [5.74, 6) is -0.742. The van der Waals surface area contributed by atoms with E-state index in [1.807, 2.05) is 31.3 Å². The van der Waals surface area contributed by atoms with Gasteiger partial charge in [-0.05, 0) is 42.3 Å². The lowest BCUT2D eigenvalue weighted by molar-refractivity contribution is 0.0535. The van der Waals surface area contributed by atoms with Crippen molar-refractivity contribution >= 4 is 23.2 Å². The molecule has 0 spiro atoms. The number of hydrogen-bond acceptors (Lipinski definition) is 7. The van der Waals surface area contributed by atoms with Gasteiger partial charge in [0.15, 0.2) is 5.58 Å². The number of benzene rings is 2. The Morgan fingerprint density at radius 3 is 2.85 bits per heavy atom. The van der Waals surface area contributed by atoms with E-state index in [0.717, 1.165) is 27.9 Å². The largest absolute Gasteiger partial charge is 0.457 e. The highest BCUT2D eigenvalue weighted by atomic mass is 16.6. The summed E-state index contributed by atoms with van der Waals surface area (Å²) in [6, 6.07) is 8.93. The van der Waals surface area contributed by atoms with Gasteiger partial charge in [-0.2, -0.15) is 5.10 Å². The Labute approximate surface area is 192 Å². The minimum Gasteiger partial charge on any atom is -0.457 e. The number of cyclic esters (lactones) is 2. The van der Waals surface area contributed by atoms with Gasteiger partial charge in [0.25, 0.3) is 0 Å². The molecule has 0 saturated carbocycles. The fourth-order valence-electron chi connectivity index (χ4n) is 4.58. The number of amides is 1. The number of rotatable bonds is 4. The lowest BCUT2D eigenvalue weighted by atomic mass is 9.95. The maximum absolute atomic E-state index is 12.6. The number of esters is 1. The van der Waals surface area contributed by atoms with Gasteiger partial charge in [0.1, 0.15) is 12.7 Å². The molecule has 0 bridgehead atoms. The second kappa shape index (κ2) is 7.34.